The Hall–Kier alpha value is -1.39. The number of carbonyl (C=O) groups excluding carboxylic acids is 1. The SMILES string of the molecule is CC(C)N(Cc1ccccc1)CC(N)C(N)=O. The maximum absolute atomic E-state index is 11.0. The number of hydrogen-bond acceptors (Lipinski definition) is 3. The van der Waals surface area contributed by atoms with E-state index in [2.05, 4.69) is 30.9 Å². The molecule has 4 nitrogen and oxygen atoms in total. The van der Waals surface area contributed by atoms with Gasteiger partial charge in [0.05, 0.1) is 6.04 Å². The molecule has 1 amide bonds. The Labute approximate surface area is 103 Å². The van der Waals surface area contributed by atoms with Crippen LogP contribution in [0.15, 0.2) is 30.3 Å². The van der Waals surface area contributed by atoms with Gasteiger partial charge in [0.2, 0.25) is 5.91 Å². The first-order valence-electron chi connectivity index (χ1n) is 5.83. The molecule has 0 radical (unpaired) electrons. The zero-order valence-electron chi connectivity index (χ0n) is 10.5. The first kappa shape index (κ1) is 13.7. The number of amides is 1. The van der Waals surface area contributed by atoms with Crippen molar-refractivity contribution in [1.82, 2.24) is 4.90 Å². The third-order valence-corrected chi connectivity index (χ3v) is 2.76. The number of hydrogen-bond donors (Lipinski definition) is 2. The van der Waals surface area contributed by atoms with Crippen molar-refractivity contribution >= 4 is 5.91 Å². The predicted octanol–water partition coefficient (Wildman–Crippen LogP) is 0.710. The van der Waals surface area contributed by atoms with Gasteiger partial charge in [-0.25, -0.2) is 0 Å². The number of nitrogens with two attached hydrogens (primary N) is 2. The van der Waals surface area contributed by atoms with Crippen molar-refractivity contribution in [3.63, 3.8) is 0 Å². The van der Waals surface area contributed by atoms with E-state index in [4.69, 9.17) is 11.5 Å². The molecule has 1 atom stereocenters. The molecule has 1 aromatic rings. The van der Waals surface area contributed by atoms with Gasteiger partial charge in [0, 0.05) is 19.1 Å². The van der Waals surface area contributed by atoms with Crippen molar-refractivity contribution in [2.45, 2.75) is 32.5 Å². The van der Waals surface area contributed by atoms with Crippen molar-refractivity contribution in [2.75, 3.05) is 6.54 Å². The van der Waals surface area contributed by atoms with Crippen molar-refractivity contribution < 1.29 is 4.79 Å². The lowest BCUT2D eigenvalue weighted by atomic mass is 10.1. The molecule has 0 saturated heterocycles. The number of benzene rings is 1. The Morgan fingerprint density at radius 2 is 1.88 bits per heavy atom. The molecule has 0 aromatic heterocycles. The zero-order chi connectivity index (χ0) is 12.8. The topological polar surface area (TPSA) is 72.3 Å². The summed E-state index contributed by atoms with van der Waals surface area (Å²) in [4.78, 5) is 13.1. The van der Waals surface area contributed by atoms with Gasteiger partial charge in [-0.15, -0.1) is 0 Å². The van der Waals surface area contributed by atoms with E-state index < -0.39 is 11.9 Å². The van der Waals surface area contributed by atoms with Gasteiger partial charge in [-0.05, 0) is 19.4 Å². The Morgan fingerprint density at radius 1 is 1.29 bits per heavy atom. The third kappa shape index (κ3) is 4.54. The fourth-order valence-electron chi connectivity index (χ4n) is 1.62. The van der Waals surface area contributed by atoms with Crippen LogP contribution >= 0.6 is 0 Å². The third-order valence-electron chi connectivity index (χ3n) is 2.76. The molecule has 4 N–H and O–H groups in total. The predicted molar refractivity (Wildman–Crippen MR) is 69.2 cm³/mol. The smallest absolute Gasteiger partial charge is 0.235 e. The molecule has 0 aliphatic heterocycles. The molecule has 17 heavy (non-hydrogen) atoms. The maximum atomic E-state index is 11.0. The van der Waals surface area contributed by atoms with Gasteiger partial charge in [-0.3, -0.25) is 9.69 Å². The largest absolute Gasteiger partial charge is 0.368 e. The molecule has 0 aliphatic rings. The summed E-state index contributed by atoms with van der Waals surface area (Å²) in [6.07, 6.45) is 0. The molecule has 0 spiro atoms. The van der Waals surface area contributed by atoms with Gasteiger partial charge in [0.15, 0.2) is 0 Å². The van der Waals surface area contributed by atoms with E-state index in [1.54, 1.807) is 0 Å². The summed E-state index contributed by atoms with van der Waals surface area (Å²) in [6, 6.07) is 9.82. The standard InChI is InChI=1S/C13H21N3O/c1-10(2)16(9-12(14)13(15)17)8-11-6-4-3-5-7-11/h3-7,10,12H,8-9,14H2,1-2H3,(H2,15,17). The minimum atomic E-state index is -0.610. The second-order valence-electron chi connectivity index (χ2n) is 4.52. The molecule has 0 bridgehead atoms. The minimum absolute atomic E-state index is 0.320. The van der Waals surface area contributed by atoms with Crippen LogP contribution in [-0.2, 0) is 11.3 Å². The second kappa shape index (κ2) is 6.37. The van der Waals surface area contributed by atoms with E-state index in [1.807, 2.05) is 18.2 Å². The van der Waals surface area contributed by atoms with Gasteiger partial charge in [-0.2, -0.15) is 0 Å². The van der Waals surface area contributed by atoms with Crippen molar-refractivity contribution in [1.29, 1.82) is 0 Å². The van der Waals surface area contributed by atoms with Crippen LogP contribution in [0, 0.1) is 0 Å². The van der Waals surface area contributed by atoms with E-state index >= 15 is 0 Å². The van der Waals surface area contributed by atoms with Crippen molar-refractivity contribution in [3.05, 3.63) is 35.9 Å². The van der Waals surface area contributed by atoms with Crippen LogP contribution in [-0.4, -0.2) is 29.4 Å². The fourth-order valence-corrected chi connectivity index (χ4v) is 1.62. The van der Waals surface area contributed by atoms with Crippen LogP contribution in [0.3, 0.4) is 0 Å². The highest BCUT2D eigenvalue weighted by Crippen LogP contribution is 2.08. The average molecular weight is 235 g/mol. The molecule has 4 heteroatoms. The molecule has 1 unspecified atom stereocenters. The Bertz CT molecular complexity index is 351. The summed E-state index contributed by atoms with van der Waals surface area (Å²) in [5.41, 5.74) is 12.1. The van der Waals surface area contributed by atoms with Gasteiger partial charge in [-0.1, -0.05) is 30.3 Å². The molecule has 0 saturated carbocycles. The minimum Gasteiger partial charge on any atom is -0.368 e. The maximum Gasteiger partial charge on any atom is 0.235 e. The molecule has 1 rings (SSSR count). The van der Waals surface area contributed by atoms with Crippen molar-refractivity contribution in [2.24, 2.45) is 11.5 Å². The summed E-state index contributed by atoms with van der Waals surface area (Å²) in [7, 11) is 0. The molecular weight excluding hydrogens is 214 g/mol. The van der Waals surface area contributed by atoms with Crippen LogP contribution in [0.25, 0.3) is 0 Å². The number of rotatable bonds is 6. The lowest BCUT2D eigenvalue weighted by Gasteiger charge is -2.28. The Balaban J connectivity index is 2.64. The quantitative estimate of drug-likeness (QED) is 0.762. The normalized spacial score (nSPS) is 13.0. The van der Waals surface area contributed by atoms with Crippen LogP contribution in [0.4, 0.5) is 0 Å². The van der Waals surface area contributed by atoms with E-state index in [0.29, 0.717) is 12.6 Å². The molecule has 0 heterocycles. The Kier molecular flexibility index (Phi) is 5.12. The second-order valence-corrected chi connectivity index (χ2v) is 4.52. The molecule has 0 fully saturated rings. The lowest BCUT2D eigenvalue weighted by molar-refractivity contribution is -0.119. The monoisotopic (exact) mass is 235 g/mol. The van der Waals surface area contributed by atoms with E-state index in [1.165, 1.54) is 5.56 Å². The van der Waals surface area contributed by atoms with E-state index in [-0.39, 0.29) is 0 Å². The van der Waals surface area contributed by atoms with Gasteiger partial charge < -0.3 is 11.5 Å². The molecular formula is C13H21N3O. The fraction of sp³-hybridized carbons (Fsp3) is 0.462. The number of carbonyl (C=O) groups is 1. The van der Waals surface area contributed by atoms with Crippen LogP contribution in [0.2, 0.25) is 0 Å². The van der Waals surface area contributed by atoms with Gasteiger partial charge in [0.25, 0.3) is 0 Å². The van der Waals surface area contributed by atoms with Gasteiger partial charge >= 0.3 is 0 Å². The summed E-state index contributed by atoms with van der Waals surface area (Å²) in [5.74, 6) is -0.455. The van der Waals surface area contributed by atoms with Crippen LogP contribution < -0.4 is 11.5 Å². The van der Waals surface area contributed by atoms with Crippen LogP contribution in [0.5, 0.6) is 0 Å². The number of nitrogens with zero attached hydrogens (tertiary/aromatic N) is 1. The summed E-state index contributed by atoms with van der Waals surface area (Å²) in [6.45, 7) is 5.43. The average Bonchev–Trinajstić information content (AvgIpc) is 2.29. The summed E-state index contributed by atoms with van der Waals surface area (Å²) >= 11 is 0. The summed E-state index contributed by atoms with van der Waals surface area (Å²) < 4.78 is 0. The first-order valence-corrected chi connectivity index (χ1v) is 5.83. The van der Waals surface area contributed by atoms with Crippen molar-refractivity contribution in [3.8, 4) is 0 Å². The molecule has 94 valence electrons. The van der Waals surface area contributed by atoms with E-state index in [9.17, 15) is 4.79 Å². The highest BCUT2D eigenvalue weighted by Gasteiger charge is 2.17. The Morgan fingerprint density at radius 3 is 2.35 bits per heavy atom. The van der Waals surface area contributed by atoms with Gasteiger partial charge in [0.1, 0.15) is 0 Å². The summed E-state index contributed by atoms with van der Waals surface area (Å²) in [5, 5.41) is 0. The first-order chi connectivity index (χ1) is 8.00. The zero-order valence-corrected chi connectivity index (χ0v) is 10.5. The van der Waals surface area contributed by atoms with E-state index in [0.717, 1.165) is 6.54 Å². The number of primary amides is 1. The molecule has 1 aromatic carbocycles. The molecule has 0 aliphatic carbocycles. The lowest BCUT2D eigenvalue weighted by Crippen LogP contribution is -2.47. The highest BCUT2D eigenvalue weighted by molar-refractivity contribution is 5.79. The van der Waals surface area contributed by atoms with Crippen LogP contribution in [0.1, 0.15) is 19.4 Å². The highest BCUT2D eigenvalue weighted by atomic mass is 16.1.